The molecular formula is C14H13Cl2FN2. The number of pyridine rings is 1. The summed E-state index contributed by atoms with van der Waals surface area (Å²) in [5.74, 6) is 0.0481. The largest absolute Gasteiger partial charge is 0.353 e. The van der Waals surface area contributed by atoms with Gasteiger partial charge in [-0.2, -0.15) is 0 Å². The third-order valence-corrected chi connectivity index (χ3v) is 3.29. The van der Waals surface area contributed by atoms with Gasteiger partial charge in [-0.25, -0.2) is 9.37 Å². The van der Waals surface area contributed by atoms with Crippen molar-refractivity contribution in [2.75, 3.05) is 11.9 Å². The second kappa shape index (κ2) is 6.22. The number of halogens is 3. The van der Waals surface area contributed by atoms with Crippen molar-refractivity contribution in [1.82, 2.24) is 4.98 Å². The van der Waals surface area contributed by atoms with Crippen LogP contribution in [-0.2, 0) is 12.4 Å². The minimum atomic E-state index is -0.373. The maximum absolute atomic E-state index is 14.1. The highest BCUT2D eigenvalue weighted by Crippen LogP contribution is 2.22. The molecule has 2 rings (SSSR count). The van der Waals surface area contributed by atoms with Crippen molar-refractivity contribution in [1.29, 1.82) is 0 Å². The van der Waals surface area contributed by atoms with Gasteiger partial charge in [0.1, 0.15) is 0 Å². The van der Waals surface area contributed by atoms with Gasteiger partial charge < -0.3 is 4.90 Å². The van der Waals surface area contributed by atoms with Crippen molar-refractivity contribution in [2.45, 2.75) is 12.4 Å². The van der Waals surface area contributed by atoms with Gasteiger partial charge in [0.25, 0.3) is 0 Å². The fourth-order valence-corrected chi connectivity index (χ4v) is 2.24. The predicted molar refractivity (Wildman–Crippen MR) is 77.3 cm³/mol. The lowest BCUT2D eigenvalue weighted by molar-refractivity contribution is 0.604. The molecule has 0 aliphatic heterocycles. The molecular weight excluding hydrogens is 286 g/mol. The molecule has 0 unspecified atom stereocenters. The van der Waals surface area contributed by atoms with Gasteiger partial charge in [-0.15, -0.1) is 11.6 Å². The van der Waals surface area contributed by atoms with Crippen LogP contribution in [0.3, 0.4) is 0 Å². The van der Waals surface area contributed by atoms with Crippen molar-refractivity contribution in [3.8, 4) is 0 Å². The van der Waals surface area contributed by atoms with Crippen LogP contribution in [-0.4, -0.2) is 12.0 Å². The molecule has 0 fully saturated rings. The van der Waals surface area contributed by atoms with E-state index in [9.17, 15) is 4.39 Å². The van der Waals surface area contributed by atoms with Crippen LogP contribution >= 0.6 is 23.2 Å². The van der Waals surface area contributed by atoms with Crippen molar-refractivity contribution in [2.24, 2.45) is 0 Å². The summed E-state index contributed by atoms with van der Waals surface area (Å²) in [7, 11) is 1.78. The molecule has 1 heterocycles. The number of hydrogen-bond donors (Lipinski definition) is 0. The fraction of sp³-hybridized carbons (Fsp3) is 0.214. The molecule has 1 aromatic carbocycles. The van der Waals surface area contributed by atoms with Gasteiger partial charge in [-0.1, -0.05) is 23.7 Å². The zero-order chi connectivity index (χ0) is 13.8. The first-order valence-corrected chi connectivity index (χ1v) is 6.68. The summed E-state index contributed by atoms with van der Waals surface area (Å²) in [5.41, 5.74) is 1.44. The molecule has 0 bridgehead atoms. The molecule has 5 heteroatoms. The lowest BCUT2D eigenvalue weighted by Gasteiger charge is -2.19. The van der Waals surface area contributed by atoms with E-state index in [1.165, 1.54) is 0 Å². The van der Waals surface area contributed by atoms with E-state index in [-0.39, 0.29) is 17.5 Å². The summed E-state index contributed by atoms with van der Waals surface area (Å²) in [6, 6.07) is 9.04. The van der Waals surface area contributed by atoms with Crippen LogP contribution in [0, 0.1) is 5.82 Å². The SMILES string of the molecule is CN(Cc1cccc(Cl)c1)c1nccc(CCl)c1F. The van der Waals surface area contributed by atoms with Gasteiger partial charge in [-0.05, 0) is 23.8 Å². The average molecular weight is 299 g/mol. The average Bonchev–Trinajstić information content (AvgIpc) is 2.39. The van der Waals surface area contributed by atoms with Crippen molar-refractivity contribution >= 4 is 29.0 Å². The van der Waals surface area contributed by atoms with E-state index in [2.05, 4.69) is 4.98 Å². The number of alkyl halides is 1. The van der Waals surface area contributed by atoms with Crippen LogP contribution in [0.2, 0.25) is 5.02 Å². The van der Waals surface area contributed by atoms with E-state index in [1.54, 1.807) is 30.3 Å². The maximum atomic E-state index is 14.1. The molecule has 0 aliphatic carbocycles. The Labute approximate surface area is 121 Å². The smallest absolute Gasteiger partial charge is 0.170 e. The Bertz CT molecular complexity index is 575. The number of nitrogens with zero attached hydrogens (tertiary/aromatic N) is 2. The van der Waals surface area contributed by atoms with Gasteiger partial charge in [0.2, 0.25) is 0 Å². The molecule has 0 radical (unpaired) electrons. The highest BCUT2D eigenvalue weighted by Gasteiger charge is 2.13. The lowest BCUT2D eigenvalue weighted by Crippen LogP contribution is -2.19. The molecule has 1 aromatic heterocycles. The van der Waals surface area contributed by atoms with Crippen LogP contribution in [0.25, 0.3) is 0 Å². The van der Waals surface area contributed by atoms with E-state index in [1.807, 2.05) is 18.2 Å². The molecule has 0 saturated heterocycles. The molecule has 0 atom stereocenters. The Morgan fingerprint density at radius 3 is 2.79 bits per heavy atom. The summed E-state index contributed by atoms with van der Waals surface area (Å²) in [6.45, 7) is 0.524. The molecule has 2 aromatic rings. The van der Waals surface area contributed by atoms with Crippen LogP contribution in [0.5, 0.6) is 0 Å². The van der Waals surface area contributed by atoms with Crippen molar-refractivity contribution in [3.05, 3.63) is 58.5 Å². The normalized spacial score (nSPS) is 10.5. The fourth-order valence-electron chi connectivity index (χ4n) is 1.82. The van der Waals surface area contributed by atoms with E-state index in [4.69, 9.17) is 23.2 Å². The first kappa shape index (κ1) is 14.1. The lowest BCUT2D eigenvalue weighted by atomic mass is 10.2. The molecule has 0 aliphatic rings. The summed E-state index contributed by atoms with van der Waals surface area (Å²) < 4.78 is 14.1. The molecule has 0 amide bonds. The summed E-state index contributed by atoms with van der Waals surface area (Å²) in [6.07, 6.45) is 1.56. The van der Waals surface area contributed by atoms with E-state index in [0.717, 1.165) is 5.56 Å². The minimum absolute atomic E-state index is 0.131. The molecule has 0 N–H and O–H groups in total. The third-order valence-electron chi connectivity index (χ3n) is 2.77. The number of hydrogen-bond acceptors (Lipinski definition) is 2. The molecule has 19 heavy (non-hydrogen) atoms. The highest BCUT2D eigenvalue weighted by molar-refractivity contribution is 6.30. The number of anilines is 1. The summed E-state index contributed by atoms with van der Waals surface area (Å²) in [4.78, 5) is 5.80. The molecule has 2 nitrogen and oxygen atoms in total. The van der Waals surface area contributed by atoms with E-state index in [0.29, 0.717) is 17.1 Å². The number of rotatable bonds is 4. The van der Waals surface area contributed by atoms with Crippen LogP contribution in [0.15, 0.2) is 36.5 Å². The van der Waals surface area contributed by atoms with Crippen LogP contribution in [0.1, 0.15) is 11.1 Å². The second-order valence-corrected chi connectivity index (χ2v) is 4.93. The molecule has 0 saturated carbocycles. The first-order valence-electron chi connectivity index (χ1n) is 5.76. The minimum Gasteiger partial charge on any atom is -0.353 e. The zero-order valence-corrected chi connectivity index (χ0v) is 11.9. The molecule has 0 spiro atoms. The second-order valence-electron chi connectivity index (χ2n) is 4.23. The highest BCUT2D eigenvalue weighted by atomic mass is 35.5. The molecule has 100 valence electrons. The van der Waals surface area contributed by atoms with Gasteiger partial charge in [0, 0.05) is 30.4 Å². The topological polar surface area (TPSA) is 16.1 Å². The first-order chi connectivity index (χ1) is 9.11. The van der Waals surface area contributed by atoms with Crippen LogP contribution in [0.4, 0.5) is 10.2 Å². The van der Waals surface area contributed by atoms with E-state index >= 15 is 0 Å². The standard InChI is InChI=1S/C14H13Cl2FN2/c1-19(9-10-3-2-4-12(16)7-10)14-13(17)11(8-15)5-6-18-14/h2-7H,8-9H2,1H3. The quantitative estimate of drug-likeness (QED) is 0.785. The Morgan fingerprint density at radius 2 is 2.11 bits per heavy atom. The Kier molecular flexibility index (Phi) is 4.61. The Hall–Kier alpha value is -1.32. The Balaban J connectivity index is 2.23. The summed E-state index contributed by atoms with van der Waals surface area (Å²) >= 11 is 11.6. The van der Waals surface area contributed by atoms with Gasteiger partial charge in [0.15, 0.2) is 11.6 Å². The zero-order valence-electron chi connectivity index (χ0n) is 10.4. The third kappa shape index (κ3) is 3.37. The summed E-state index contributed by atoms with van der Waals surface area (Å²) in [5, 5.41) is 0.661. The van der Waals surface area contributed by atoms with Crippen molar-refractivity contribution in [3.63, 3.8) is 0 Å². The van der Waals surface area contributed by atoms with Crippen molar-refractivity contribution < 1.29 is 4.39 Å². The predicted octanol–water partition coefficient (Wildman–Crippen LogP) is 4.25. The van der Waals surface area contributed by atoms with E-state index < -0.39 is 0 Å². The van der Waals surface area contributed by atoms with Gasteiger partial charge in [-0.3, -0.25) is 0 Å². The number of benzene rings is 1. The van der Waals surface area contributed by atoms with Gasteiger partial charge >= 0.3 is 0 Å². The van der Waals surface area contributed by atoms with Gasteiger partial charge in [0.05, 0.1) is 5.88 Å². The monoisotopic (exact) mass is 298 g/mol. The van der Waals surface area contributed by atoms with Crippen LogP contribution < -0.4 is 4.90 Å². The Morgan fingerprint density at radius 1 is 1.32 bits per heavy atom. The number of aromatic nitrogens is 1. The maximum Gasteiger partial charge on any atom is 0.170 e.